The minimum Gasteiger partial charge on any atom is -0.493 e. The third kappa shape index (κ3) is 9.86. The summed E-state index contributed by atoms with van der Waals surface area (Å²) in [7, 11) is 3.41. The Kier molecular flexibility index (Phi) is 13.4. The van der Waals surface area contributed by atoms with Gasteiger partial charge in [0.2, 0.25) is 5.91 Å². The van der Waals surface area contributed by atoms with Gasteiger partial charge < -0.3 is 25.4 Å². The van der Waals surface area contributed by atoms with E-state index in [1.165, 1.54) is 0 Å². The SMILES string of the molecule is CCC(C)C(=O)Nc1cccc(CNC(=NC)Nc2cccc(OCCCOC)c2)c1.I. The number of carbonyl (C=O) groups excluding carboxylic acids is 1. The summed E-state index contributed by atoms with van der Waals surface area (Å²) in [4.78, 5) is 16.4. The van der Waals surface area contributed by atoms with E-state index in [4.69, 9.17) is 9.47 Å². The number of guanidine groups is 1. The third-order valence-electron chi connectivity index (χ3n) is 4.80. The number of nitrogens with zero attached hydrogens (tertiary/aromatic N) is 1. The Morgan fingerprint density at radius 3 is 2.47 bits per heavy atom. The summed E-state index contributed by atoms with van der Waals surface area (Å²) in [6.07, 6.45) is 1.66. The number of amides is 1. The number of hydrogen-bond acceptors (Lipinski definition) is 4. The van der Waals surface area contributed by atoms with Gasteiger partial charge in [0.25, 0.3) is 0 Å². The van der Waals surface area contributed by atoms with Crippen molar-refractivity contribution in [2.45, 2.75) is 33.2 Å². The predicted octanol–water partition coefficient (Wildman–Crippen LogP) is 4.89. The fraction of sp³-hybridized carbons (Fsp3) is 0.417. The van der Waals surface area contributed by atoms with Gasteiger partial charge >= 0.3 is 0 Å². The number of nitrogens with one attached hydrogen (secondary N) is 3. The predicted molar refractivity (Wildman–Crippen MR) is 142 cm³/mol. The summed E-state index contributed by atoms with van der Waals surface area (Å²) >= 11 is 0. The highest BCUT2D eigenvalue weighted by molar-refractivity contribution is 14.0. The topological polar surface area (TPSA) is 84.0 Å². The van der Waals surface area contributed by atoms with Gasteiger partial charge in [0.15, 0.2) is 5.96 Å². The normalized spacial score (nSPS) is 11.8. The standard InChI is InChI=1S/C24H34N4O3.HI/c1-5-18(2)23(29)27-20-10-6-9-19(15-20)17-26-24(25-3)28-21-11-7-12-22(16-21)31-14-8-13-30-4;/h6-7,9-12,15-16,18H,5,8,13-14,17H2,1-4H3,(H,27,29)(H2,25,26,28);1H. The van der Waals surface area contributed by atoms with Gasteiger partial charge in [0.1, 0.15) is 5.75 Å². The molecule has 7 nitrogen and oxygen atoms in total. The van der Waals surface area contributed by atoms with Crippen molar-refractivity contribution in [2.75, 3.05) is 38.0 Å². The lowest BCUT2D eigenvalue weighted by Gasteiger charge is -2.14. The lowest BCUT2D eigenvalue weighted by Crippen LogP contribution is -2.30. The minimum absolute atomic E-state index is 0. The van der Waals surface area contributed by atoms with Crippen LogP contribution in [0.15, 0.2) is 53.5 Å². The summed E-state index contributed by atoms with van der Waals surface area (Å²) in [6.45, 7) is 5.79. The third-order valence-corrected chi connectivity index (χ3v) is 4.80. The second-order valence-electron chi connectivity index (χ2n) is 7.27. The minimum atomic E-state index is -0.00969. The molecule has 0 aliphatic rings. The van der Waals surface area contributed by atoms with E-state index in [2.05, 4.69) is 20.9 Å². The number of carbonyl (C=O) groups is 1. The lowest BCUT2D eigenvalue weighted by atomic mass is 10.1. The molecule has 1 amide bonds. The molecule has 32 heavy (non-hydrogen) atoms. The number of ether oxygens (including phenoxy) is 2. The quantitative estimate of drug-likeness (QED) is 0.160. The molecule has 2 aromatic rings. The molecule has 2 aromatic carbocycles. The molecular formula is C24H35IN4O3. The molecule has 0 radical (unpaired) electrons. The molecule has 176 valence electrons. The largest absolute Gasteiger partial charge is 0.493 e. The Balaban J connectivity index is 0.00000512. The van der Waals surface area contributed by atoms with Crippen LogP contribution in [0.5, 0.6) is 5.75 Å². The Hall–Kier alpha value is -2.33. The van der Waals surface area contributed by atoms with E-state index in [9.17, 15) is 4.79 Å². The number of aliphatic imine (C=N–C) groups is 1. The number of halogens is 1. The van der Waals surface area contributed by atoms with E-state index < -0.39 is 0 Å². The number of anilines is 2. The molecule has 0 spiro atoms. The summed E-state index contributed by atoms with van der Waals surface area (Å²) in [6, 6.07) is 15.6. The zero-order chi connectivity index (χ0) is 22.5. The van der Waals surface area contributed by atoms with Gasteiger partial charge in [-0.1, -0.05) is 32.0 Å². The van der Waals surface area contributed by atoms with Crippen molar-refractivity contribution in [1.82, 2.24) is 5.32 Å². The second kappa shape index (κ2) is 15.5. The van der Waals surface area contributed by atoms with Crippen molar-refractivity contribution < 1.29 is 14.3 Å². The first-order valence-corrected chi connectivity index (χ1v) is 10.6. The van der Waals surface area contributed by atoms with Crippen molar-refractivity contribution in [2.24, 2.45) is 10.9 Å². The highest BCUT2D eigenvalue weighted by Gasteiger charge is 2.10. The zero-order valence-electron chi connectivity index (χ0n) is 19.3. The first-order chi connectivity index (χ1) is 15.0. The molecule has 0 aliphatic carbocycles. The van der Waals surface area contributed by atoms with E-state index in [0.29, 0.717) is 25.7 Å². The maximum Gasteiger partial charge on any atom is 0.227 e. The van der Waals surface area contributed by atoms with Gasteiger partial charge in [0.05, 0.1) is 6.61 Å². The Morgan fingerprint density at radius 1 is 1.06 bits per heavy atom. The van der Waals surface area contributed by atoms with Crippen molar-refractivity contribution in [3.63, 3.8) is 0 Å². The Morgan fingerprint density at radius 2 is 1.78 bits per heavy atom. The van der Waals surface area contributed by atoms with Crippen LogP contribution in [0.3, 0.4) is 0 Å². The monoisotopic (exact) mass is 554 g/mol. The molecule has 1 atom stereocenters. The van der Waals surface area contributed by atoms with Gasteiger partial charge in [-0.2, -0.15) is 0 Å². The highest BCUT2D eigenvalue weighted by Crippen LogP contribution is 2.18. The summed E-state index contributed by atoms with van der Waals surface area (Å²) < 4.78 is 10.8. The summed E-state index contributed by atoms with van der Waals surface area (Å²) in [5, 5.41) is 9.54. The molecule has 0 heterocycles. The highest BCUT2D eigenvalue weighted by atomic mass is 127. The average molecular weight is 554 g/mol. The van der Waals surface area contributed by atoms with Crippen LogP contribution in [0.4, 0.5) is 11.4 Å². The first kappa shape index (κ1) is 27.7. The van der Waals surface area contributed by atoms with Gasteiger partial charge in [-0.05, 0) is 36.2 Å². The van der Waals surface area contributed by atoms with Gasteiger partial charge in [-0.25, -0.2) is 0 Å². The van der Waals surface area contributed by atoms with E-state index in [1.54, 1.807) is 14.2 Å². The first-order valence-electron chi connectivity index (χ1n) is 10.6. The van der Waals surface area contributed by atoms with Crippen LogP contribution in [-0.4, -0.2) is 39.2 Å². The van der Waals surface area contributed by atoms with E-state index >= 15 is 0 Å². The average Bonchev–Trinajstić information content (AvgIpc) is 2.79. The molecule has 2 rings (SSSR count). The van der Waals surface area contributed by atoms with E-state index in [1.807, 2.05) is 62.4 Å². The summed E-state index contributed by atoms with van der Waals surface area (Å²) in [5.41, 5.74) is 2.72. The molecular weight excluding hydrogens is 519 g/mol. The van der Waals surface area contributed by atoms with E-state index in [0.717, 1.165) is 35.5 Å². The fourth-order valence-corrected chi connectivity index (χ4v) is 2.77. The maximum absolute atomic E-state index is 12.1. The molecule has 0 aromatic heterocycles. The maximum atomic E-state index is 12.1. The van der Waals surface area contributed by atoms with Crippen LogP contribution in [0.1, 0.15) is 32.3 Å². The van der Waals surface area contributed by atoms with Crippen molar-refractivity contribution in [3.05, 3.63) is 54.1 Å². The second-order valence-corrected chi connectivity index (χ2v) is 7.27. The number of benzene rings is 2. The number of methoxy groups -OCH3 is 1. The Labute approximate surface area is 208 Å². The number of hydrogen-bond donors (Lipinski definition) is 3. The van der Waals surface area contributed by atoms with Crippen molar-refractivity contribution >= 4 is 47.2 Å². The molecule has 1 unspecified atom stereocenters. The van der Waals surface area contributed by atoms with Gasteiger partial charge in [-0.3, -0.25) is 9.79 Å². The van der Waals surface area contributed by atoms with Crippen LogP contribution in [0.25, 0.3) is 0 Å². The molecule has 0 saturated heterocycles. The van der Waals surface area contributed by atoms with Crippen molar-refractivity contribution in [3.8, 4) is 5.75 Å². The lowest BCUT2D eigenvalue weighted by molar-refractivity contribution is -0.119. The van der Waals surface area contributed by atoms with Crippen molar-refractivity contribution in [1.29, 1.82) is 0 Å². The molecule has 0 saturated carbocycles. The summed E-state index contributed by atoms with van der Waals surface area (Å²) in [5.74, 6) is 1.46. The Bertz CT molecular complexity index is 861. The van der Waals surface area contributed by atoms with Crippen LogP contribution in [-0.2, 0) is 16.1 Å². The fourth-order valence-electron chi connectivity index (χ4n) is 2.77. The van der Waals surface area contributed by atoms with Crippen LogP contribution >= 0.6 is 24.0 Å². The van der Waals surface area contributed by atoms with Crippen LogP contribution in [0.2, 0.25) is 0 Å². The smallest absolute Gasteiger partial charge is 0.227 e. The number of rotatable bonds is 11. The zero-order valence-corrected chi connectivity index (χ0v) is 21.6. The van der Waals surface area contributed by atoms with Crippen LogP contribution in [0, 0.1) is 5.92 Å². The molecule has 0 aliphatic heterocycles. The van der Waals surface area contributed by atoms with Gasteiger partial charge in [-0.15, -0.1) is 24.0 Å². The van der Waals surface area contributed by atoms with Crippen LogP contribution < -0.4 is 20.7 Å². The molecule has 3 N–H and O–H groups in total. The van der Waals surface area contributed by atoms with Gasteiger partial charge in [0, 0.05) is 57.1 Å². The molecule has 0 bridgehead atoms. The molecule has 0 fully saturated rings. The molecule has 8 heteroatoms. The van der Waals surface area contributed by atoms with E-state index in [-0.39, 0.29) is 35.8 Å².